The SMILES string of the molecule is CCCCN(CCCO)C(=O)COc1ccc(C)cc1OC. The maximum Gasteiger partial charge on any atom is 0.260 e. The number of carbonyl (C=O) groups excluding carboxylic acids is 1. The van der Waals surface area contributed by atoms with Gasteiger partial charge in [0.25, 0.3) is 5.91 Å². The van der Waals surface area contributed by atoms with Crippen LogP contribution < -0.4 is 9.47 Å². The van der Waals surface area contributed by atoms with Gasteiger partial charge in [0.05, 0.1) is 7.11 Å². The Morgan fingerprint density at radius 2 is 1.95 bits per heavy atom. The zero-order valence-corrected chi connectivity index (χ0v) is 13.8. The lowest BCUT2D eigenvalue weighted by atomic mass is 10.2. The number of rotatable bonds is 10. The minimum Gasteiger partial charge on any atom is -0.493 e. The summed E-state index contributed by atoms with van der Waals surface area (Å²) in [6, 6.07) is 5.61. The first-order valence-corrected chi connectivity index (χ1v) is 7.78. The van der Waals surface area contributed by atoms with E-state index in [0.29, 0.717) is 31.0 Å². The Labute approximate surface area is 132 Å². The first-order chi connectivity index (χ1) is 10.6. The standard InChI is InChI=1S/C17H27NO4/c1-4-5-9-18(10-6-11-19)17(20)13-22-15-8-7-14(2)12-16(15)21-3/h7-8,12,19H,4-6,9-11,13H2,1-3H3. The van der Waals surface area contributed by atoms with E-state index in [0.717, 1.165) is 18.4 Å². The zero-order chi connectivity index (χ0) is 16.4. The van der Waals surface area contributed by atoms with Gasteiger partial charge in [-0.2, -0.15) is 0 Å². The summed E-state index contributed by atoms with van der Waals surface area (Å²) >= 11 is 0. The molecule has 1 amide bonds. The number of amides is 1. The number of nitrogens with zero attached hydrogens (tertiary/aromatic N) is 1. The third-order valence-electron chi connectivity index (χ3n) is 3.39. The van der Waals surface area contributed by atoms with Gasteiger partial charge in [0, 0.05) is 19.7 Å². The number of aliphatic hydroxyl groups is 1. The summed E-state index contributed by atoms with van der Waals surface area (Å²) in [6.07, 6.45) is 2.56. The molecule has 1 rings (SSSR count). The normalized spacial score (nSPS) is 10.4. The second kappa shape index (κ2) is 10.1. The molecule has 1 aromatic carbocycles. The van der Waals surface area contributed by atoms with Gasteiger partial charge in [-0.25, -0.2) is 0 Å². The Morgan fingerprint density at radius 3 is 2.59 bits per heavy atom. The predicted molar refractivity (Wildman–Crippen MR) is 86.4 cm³/mol. The summed E-state index contributed by atoms with van der Waals surface area (Å²) in [5.74, 6) is 1.13. The number of ether oxygens (including phenoxy) is 2. The molecule has 0 heterocycles. The molecule has 0 aliphatic carbocycles. The molecular formula is C17H27NO4. The lowest BCUT2D eigenvalue weighted by molar-refractivity contribution is -0.133. The van der Waals surface area contributed by atoms with E-state index >= 15 is 0 Å². The Bertz CT molecular complexity index is 454. The number of hydrogen-bond donors (Lipinski definition) is 1. The summed E-state index contributed by atoms with van der Waals surface area (Å²) in [5, 5.41) is 8.94. The van der Waals surface area contributed by atoms with Crippen molar-refractivity contribution in [3.05, 3.63) is 23.8 Å². The van der Waals surface area contributed by atoms with Gasteiger partial charge < -0.3 is 19.5 Å². The molecule has 0 unspecified atom stereocenters. The van der Waals surface area contributed by atoms with E-state index in [1.165, 1.54) is 0 Å². The highest BCUT2D eigenvalue weighted by Gasteiger charge is 2.14. The zero-order valence-electron chi connectivity index (χ0n) is 13.8. The quantitative estimate of drug-likeness (QED) is 0.721. The Balaban J connectivity index is 2.61. The number of benzene rings is 1. The van der Waals surface area contributed by atoms with Crippen molar-refractivity contribution in [1.82, 2.24) is 4.90 Å². The first-order valence-electron chi connectivity index (χ1n) is 7.78. The largest absolute Gasteiger partial charge is 0.493 e. The number of methoxy groups -OCH3 is 1. The highest BCUT2D eigenvalue weighted by atomic mass is 16.5. The summed E-state index contributed by atoms with van der Waals surface area (Å²) in [4.78, 5) is 14.0. The fraction of sp³-hybridized carbons (Fsp3) is 0.588. The summed E-state index contributed by atoms with van der Waals surface area (Å²) in [5.41, 5.74) is 1.07. The molecule has 1 N–H and O–H groups in total. The third-order valence-corrected chi connectivity index (χ3v) is 3.39. The van der Waals surface area contributed by atoms with E-state index in [1.807, 2.05) is 25.1 Å². The molecule has 0 atom stereocenters. The molecule has 0 saturated heterocycles. The summed E-state index contributed by atoms with van der Waals surface area (Å²) < 4.78 is 10.9. The van der Waals surface area contributed by atoms with Crippen molar-refractivity contribution < 1.29 is 19.4 Å². The minimum absolute atomic E-state index is 0.0193. The number of carbonyl (C=O) groups is 1. The molecule has 0 bridgehead atoms. The van der Waals surface area contributed by atoms with Crippen LogP contribution in [0.25, 0.3) is 0 Å². The van der Waals surface area contributed by atoms with Crippen LogP contribution in [0.4, 0.5) is 0 Å². The van der Waals surface area contributed by atoms with Gasteiger partial charge in [-0.05, 0) is 37.5 Å². The van der Waals surface area contributed by atoms with Crippen LogP contribution in [0.5, 0.6) is 11.5 Å². The second-order valence-corrected chi connectivity index (χ2v) is 5.25. The first kappa shape index (κ1) is 18.3. The van der Waals surface area contributed by atoms with Gasteiger partial charge in [-0.3, -0.25) is 4.79 Å². The Hall–Kier alpha value is -1.75. The van der Waals surface area contributed by atoms with Crippen LogP contribution in [-0.2, 0) is 4.79 Å². The van der Waals surface area contributed by atoms with E-state index in [9.17, 15) is 4.79 Å². The average molecular weight is 309 g/mol. The number of hydrogen-bond acceptors (Lipinski definition) is 4. The molecular weight excluding hydrogens is 282 g/mol. The van der Waals surface area contributed by atoms with Crippen LogP contribution >= 0.6 is 0 Å². The fourth-order valence-corrected chi connectivity index (χ4v) is 2.10. The fourth-order valence-electron chi connectivity index (χ4n) is 2.10. The molecule has 0 spiro atoms. The highest BCUT2D eigenvalue weighted by molar-refractivity contribution is 5.77. The van der Waals surface area contributed by atoms with Gasteiger partial charge in [-0.15, -0.1) is 0 Å². The van der Waals surface area contributed by atoms with Crippen molar-refractivity contribution in [3.8, 4) is 11.5 Å². The van der Waals surface area contributed by atoms with Crippen LogP contribution in [0.1, 0.15) is 31.7 Å². The topological polar surface area (TPSA) is 59.0 Å². The predicted octanol–water partition coefficient (Wildman–Crippen LogP) is 2.39. The van der Waals surface area contributed by atoms with E-state index in [2.05, 4.69) is 6.92 Å². The van der Waals surface area contributed by atoms with Gasteiger partial charge in [0.1, 0.15) is 0 Å². The molecule has 124 valence electrons. The van der Waals surface area contributed by atoms with Crippen molar-refractivity contribution in [3.63, 3.8) is 0 Å². The van der Waals surface area contributed by atoms with Gasteiger partial charge in [0.2, 0.25) is 0 Å². The lowest BCUT2D eigenvalue weighted by Gasteiger charge is -2.22. The van der Waals surface area contributed by atoms with Crippen LogP contribution in [0.3, 0.4) is 0 Å². The van der Waals surface area contributed by atoms with Crippen molar-refractivity contribution in [1.29, 1.82) is 0 Å². The average Bonchev–Trinajstić information content (AvgIpc) is 2.53. The number of aliphatic hydroxyl groups excluding tert-OH is 1. The molecule has 0 aliphatic rings. The monoisotopic (exact) mass is 309 g/mol. The molecule has 5 nitrogen and oxygen atoms in total. The van der Waals surface area contributed by atoms with Crippen molar-refractivity contribution in [2.24, 2.45) is 0 Å². The van der Waals surface area contributed by atoms with E-state index in [4.69, 9.17) is 14.6 Å². The van der Waals surface area contributed by atoms with Gasteiger partial charge in [0.15, 0.2) is 18.1 Å². The van der Waals surface area contributed by atoms with Crippen LogP contribution in [0.15, 0.2) is 18.2 Å². The Morgan fingerprint density at radius 1 is 1.23 bits per heavy atom. The maximum atomic E-state index is 12.3. The smallest absolute Gasteiger partial charge is 0.260 e. The van der Waals surface area contributed by atoms with Crippen LogP contribution in [0, 0.1) is 6.92 Å². The number of unbranched alkanes of at least 4 members (excludes halogenated alkanes) is 1. The van der Waals surface area contributed by atoms with Crippen LogP contribution in [0.2, 0.25) is 0 Å². The molecule has 5 heteroatoms. The minimum atomic E-state index is -0.0653. The van der Waals surface area contributed by atoms with Crippen molar-refractivity contribution in [2.45, 2.75) is 33.1 Å². The van der Waals surface area contributed by atoms with Crippen molar-refractivity contribution in [2.75, 3.05) is 33.4 Å². The molecule has 0 radical (unpaired) electrons. The lowest BCUT2D eigenvalue weighted by Crippen LogP contribution is -2.36. The molecule has 0 saturated carbocycles. The highest BCUT2D eigenvalue weighted by Crippen LogP contribution is 2.27. The molecule has 0 aromatic heterocycles. The van der Waals surface area contributed by atoms with Crippen LogP contribution in [-0.4, -0.2) is 49.3 Å². The van der Waals surface area contributed by atoms with Crippen molar-refractivity contribution >= 4 is 5.91 Å². The molecule has 0 fully saturated rings. The molecule has 22 heavy (non-hydrogen) atoms. The summed E-state index contributed by atoms with van der Waals surface area (Å²) in [7, 11) is 1.58. The van der Waals surface area contributed by atoms with E-state index in [1.54, 1.807) is 12.0 Å². The molecule has 1 aromatic rings. The Kier molecular flexibility index (Phi) is 8.36. The van der Waals surface area contributed by atoms with E-state index < -0.39 is 0 Å². The second-order valence-electron chi connectivity index (χ2n) is 5.25. The van der Waals surface area contributed by atoms with Gasteiger partial charge in [-0.1, -0.05) is 19.4 Å². The summed E-state index contributed by atoms with van der Waals surface area (Å²) in [6.45, 7) is 5.38. The maximum absolute atomic E-state index is 12.3. The third kappa shape index (κ3) is 5.93. The molecule has 0 aliphatic heterocycles. The van der Waals surface area contributed by atoms with Gasteiger partial charge >= 0.3 is 0 Å². The van der Waals surface area contributed by atoms with E-state index in [-0.39, 0.29) is 19.1 Å². The number of aryl methyl sites for hydroxylation is 1.